The number of carboxylic acids is 1. The minimum atomic E-state index is -0.865. The van der Waals surface area contributed by atoms with Gasteiger partial charge in [-0.3, -0.25) is 4.79 Å². The predicted molar refractivity (Wildman–Crippen MR) is 50.9 cm³/mol. The molecule has 1 rings (SSSR count). The molecule has 1 saturated heterocycles. The molecule has 0 aromatic heterocycles. The van der Waals surface area contributed by atoms with Crippen molar-refractivity contribution in [3.8, 4) is 0 Å². The summed E-state index contributed by atoms with van der Waals surface area (Å²) in [7, 11) is 0. The zero-order valence-corrected chi connectivity index (χ0v) is 8.49. The molecule has 1 aliphatic rings. The Morgan fingerprint density at radius 2 is 2.43 bits per heavy atom. The predicted octanol–water partition coefficient (Wildman–Crippen LogP) is 0.368. The van der Waals surface area contributed by atoms with Crippen LogP contribution in [0.1, 0.15) is 13.8 Å². The molecular weight excluding hydrogens is 184 g/mol. The van der Waals surface area contributed by atoms with Crippen molar-refractivity contribution in [2.45, 2.75) is 13.8 Å². The Bertz CT molecular complexity index is 242. The summed E-state index contributed by atoms with van der Waals surface area (Å²) in [5, 5.41) is 11.4. The van der Waals surface area contributed by atoms with Crippen molar-refractivity contribution < 1.29 is 14.7 Å². The van der Waals surface area contributed by atoms with Gasteiger partial charge in [-0.15, -0.1) is 0 Å². The van der Waals surface area contributed by atoms with Gasteiger partial charge in [-0.2, -0.15) is 0 Å². The second-order valence-corrected chi connectivity index (χ2v) is 3.94. The van der Waals surface area contributed by atoms with Crippen molar-refractivity contribution in [3.63, 3.8) is 0 Å². The fraction of sp³-hybridized carbons (Fsp3) is 0.778. The standard InChI is InChI=1S/C9H16N2O3/c1-6-3-10-9(14)11(4-6)5-7(2)8(12)13/h6-7H,3-5H2,1-2H3,(H,10,14)(H,12,13). The number of carboxylic acid groups (broad SMARTS) is 1. The summed E-state index contributed by atoms with van der Waals surface area (Å²) < 4.78 is 0. The number of nitrogens with one attached hydrogen (secondary N) is 1. The molecule has 0 aliphatic carbocycles. The SMILES string of the molecule is CC1CNC(=O)N(CC(C)C(=O)O)C1. The first-order chi connectivity index (χ1) is 6.50. The minimum Gasteiger partial charge on any atom is -0.481 e. The summed E-state index contributed by atoms with van der Waals surface area (Å²) in [5.74, 6) is -0.990. The Morgan fingerprint density at radius 3 is 3.00 bits per heavy atom. The van der Waals surface area contributed by atoms with Gasteiger partial charge in [0, 0.05) is 19.6 Å². The molecule has 0 spiro atoms. The molecule has 5 heteroatoms. The highest BCUT2D eigenvalue weighted by molar-refractivity contribution is 5.76. The van der Waals surface area contributed by atoms with E-state index in [0.29, 0.717) is 19.0 Å². The number of carbonyl (C=O) groups is 2. The summed E-state index contributed by atoms with van der Waals surface area (Å²) in [6, 6.07) is -0.156. The van der Waals surface area contributed by atoms with Crippen molar-refractivity contribution in [2.75, 3.05) is 19.6 Å². The number of amides is 2. The maximum absolute atomic E-state index is 11.3. The van der Waals surface area contributed by atoms with Crippen LogP contribution in [-0.2, 0) is 4.79 Å². The van der Waals surface area contributed by atoms with Gasteiger partial charge >= 0.3 is 12.0 Å². The Morgan fingerprint density at radius 1 is 1.79 bits per heavy atom. The van der Waals surface area contributed by atoms with E-state index in [-0.39, 0.29) is 12.6 Å². The van der Waals surface area contributed by atoms with Crippen LogP contribution in [0.3, 0.4) is 0 Å². The molecule has 2 atom stereocenters. The maximum atomic E-state index is 11.3. The zero-order chi connectivity index (χ0) is 10.7. The largest absolute Gasteiger partial charge is 0.481 e. The number of hydrogen-bond donors (Lipinski definition) is 2. The van der Waals surface area contributed by atoms with E-state index in [4.69, 9.17) is 5.11 Å². The van der Waals surface area contributed by atoms with Crippen LogP contribution in [0, 0.1) is 11.8 Å². The normalized spacial score (nSPS) is 24.3. The van der Waals surface area contributed by atoms with E-state index in [0.717, 1.165) is 0 Å². The highest BCUT2D eigenvalue weighted by atomic mass is 16.4. The molecule has 1 heterocycles. The molecule has 1 aliphatic heterocycles. The van der Waals surface area contributed by atoms with Crippen LogP contribution in [0.4, 0.5) is 4.79 Å². The van der Waals surface area contributed by atoms with Gasteiger partial charge in [0.15, 0.2) is 0 Å². The van der Waals surface area contributed by atoms with E-state index in [1.807, 2.05) is 6.92 Å². The molecule has 2 amide bonds. The van der Waals surface area contributed by atoms with Gasteiger partial charge in [0.2, 0.25) is 0 Å². The Kier molecular flexibility index (Phi) is 3.33. The van der Waals surface area contributed by atoms with Crippen molar-refractivity contribution in [1.82, 2.24) is 10.2 Å². The molecule has 2 N–H and O–H groups in total. The fourth-order valence-electron chi connectivity index (χ4n) is 1.46. The van der Waals surface area contributed by atoms with Gasteiger partial charge < -0.3 is 15.3 Å². The molecule has 2 unspecified atom stereocenters. The van der Waals surface area contributed by atoms with E-state index < -0.39 is 11.9 Å². The number of nitrogens with zero attached hydrogens (tertiary/aromatic N) is 1. The summed E-state index contributed by atoms with van der Waals surface area (Å²) in [6.45, 7) is 5.23. The van der Waals surface area contributed by atoms with Crippen LogP contribution in [0.25, 0.3) is 0 Å². The third-order valence-corrected chi connectivity index (χ3v) is 2.34. The number of hydrogen-bond acceptors (Lipinski definition) is 2. The van der Waals surface area contributed by atoms with Crippen LogP contribution in [0.5, 0.6) is 0 Å². The van der Waals surface area contributed by atoms with Gasteiger partial charge in [0.05, 0.1) is 5.92 Å². The number of rotatable bonds is 3. The van der Waals surface area contributed by atoms with E-state index >= 15 is 0 Å². The lowest BCUT2D eigenvalue weighted by Gasteiger charge is -2.32. The second-order valence-electron chi connectivity index (χ2n) is 3.94. The molecular formula is C9H16N2O3. The molecule has 0 bridgehead atoms. The first-order valence-electron chi connectivity index (χ1n) is 4.76. The molecule has 14 heavy (non-hydrogen) atoms. The molecule has 1 fully saturated rings. The quantitative estimate of drug-likeness (QED) is 0.691. The molecule has 5 nitrogen and oxygen atoms in total. The summed E-state index contributed by atoms with van der Waals surface area (Å²) in [6.07, 6.45) is 0. The second kappa shape index (κ2) is 4.30. The van der Waals surface area contributed by atoms with Crippen LogP contribution < -0.4 is 5.32 Å². The topological polar surface area (TPSA) is 69.6 Å². The van der Waals surface area contributed by atoms with Crippen molar-refractivity contribution >= 4 is 12.0 Å². The van der Waals surface area contributed by atoms with E-state index in [1.54, 1.807) is 11.8 Å². The average Bonchev–Trinajstić information content (AvgIpc) is 2.11. The molecule has 0 radical (unpaired) electrons. The van der Waals surface area contributed by atoms with Crippen LogP contribution in [-0.4, -0.2) is 41.6 Å². The van der Waals surface area contributed by atoms with Crippen molar-refractivity contribution in [1.29, 1.82) is 0 Å². The monoisotopic (exact) mass is 200 g/mol. The van der Waals surface area contributed by atoms with Gasteiger partial charge in [-0.05, 0) is 5.92 Å². The number of carbonyl (C=O) groups excluding carboxylic acids is 1. The van der Waals surface area contributed by atoms with E-state index in [2.05, 4.69) is 5.32 Å². The molecule has 0 aromatic rings. The minimum absolute atomic E-state index is 0.156. The van der Waals surface area contributed by atoms with Gasteiger partial charge in [-0.1, -0.05) is 13.8 Å². The van der Waals surface area contributed by atoms with Crippen LogP contribution in [0.2, 0.25) is 0 Å². The zero-order valence-electron chi connectivity index (χ0n) is 8.49. The Hall–Kier alpha value is -1.26. The lowest BCUT2D eigenvalue weighted by Crippen LogP contribution is -2.52. The number of urea groups is 1. The lowest BCUT2D eigenvalue weighted by atomic mass is 10.1. The Balaban J connectivity index is 2.49. The number of aliphatic carboxylic acids is 1. The third-order valence-electron chi connectivity index (χ3n) is 2.34. The first-order valence-corrected chi connectivity index (χ1v) is 4.76. The van der Waals surface area contributed by atoms with E-state index in [1.165, 1.54) is 0 Å². The van der Waals surface area contributed by atoms with Crippen molar-refractivity contribution in [3.05, 3.63) is 0 Å². The van der Waals surface area contributed by atoms with Crippen LogP contribution >= 0.6 is 0 Å². The van der Waals surface area contributed by atoms with Gasteiger partial charge in [0.1, 0.15) is 0 Å². The third kappa shape index (κ3) is 2.61. The first kappa shape index (κ1) is 10.8. The van der Waals surface area contributed by atoms with Gasteiger partial charge in [0.25, 0.3) is 0 Å². The van der Waals surface area contributed by atoms with Gasteiger partial charge in [-0.25, -0.2) is 4.79 Å². The Labute approximate surface area is 83.1 Å². The summed E-state index contributed by atoms with van der Waals surface area (Å²) in [5.41, 5.74) is 0. The highest BCUT2D eigenvalue weighted by Crippen LogP contribution is 2.08. The highest BCUT2D eigenvalue weighted by Gasteiger charge is 2.25. The fourth-order valence-corrected chi connectivity index (χ4v) is 1.46. The van der Waals surface area contributed by atoms with E-state index in [9.17, 15) is 9.59 Å². The molecule has 0 saturated carbocycles. The molecule has 0 aromatic carbocycles. The summed E-state index contributed by atoms with van der Waals surface area (Å²) in [4.78, 5) is 23.5. The molecule has 80 valence electrons. The summed E-state index contributed by atoms with van der Waals surface area (Å²) >= 11 is 0. The van der Waals surface area contributed by atoms with Crippen molar-refractivity contribution in [2.24, 2.45) is 11.8 Å². The average molecular weight is 200 g/mol. The smallest absolute Gasteiger partial charge is 0.317 e. The van der Waals surface area contributed by atoms with Crippen LogP contribution in [0.15, 0.2) is 0 Å². The lowest BCUT2D eigenvalue weighted by molar-refractivity contribution is -0.141. The maximum Gasteiger partial charge on any atom is 0.317 e.